The van der Waals surface area contributed by atoms with Crippen LogP contribution in [0, 0.1) is 0 Å². The third-order valence-electron chi connectivity index (χ3n) is 1.69. The van der Waals surface area contributed by atoms with Crippen molar-refractivity contribution < 1.29 is 4.39 Å². The maximum Gasteiger partial charge on any atom is 0.109 e. The number of rotatable bonds is 2. The molecule has 0 aliphatic carbocycles. The molecule has 0 fully saturated rings. The third-order valence-corrected chi connectivity index (χ3v) is 2.81. The predicted molar refractivity (Wildman–Crippen MR) is 66.4 cm³/mol. The number of nitrogens with two attached hydrogens (primary N) is 2. The van der Waals surface area contributed by atoms with E-state index >= 15 is 0 Å². The van der Waals surface area contributed by atoms with Gasteiger partial charge >= 0.3 is 0 Å². The van der Waals surface area contributed by atoms with E-state index in [0.717, 1.165) is 8.95 Å². The Morgan fingerprint density at radius 3 is 2.43 bits per heavy atom. The van der Waals surface area contributed by atoms with Gasteiger partial charge < -0.3 is 11.5 Å². The first-order chi connectivity index (χ1) is 6.06. The SMILES string of the molecule is Cl.Nc1c(Br)cc(Br)cc1[C@@H](N)CF. The number of hydrogen-bond donors (Lipinski definition) is 2. The standard InChI is InChI=1S/C8H9Br2FN2.ClH/c9-4-1-5(7(12)3-11)8(13)6(10)2-4;/h1-2,7H,3,12-13H2;1H/t7-;/m0./s1. The van der Waals surface area contributed by atoms with E-state index in [9.17, 15) is 4.39 Å². The minimum atomic E-state index is -0.659. The van der Waals surface area contributed by atoms with Crippen LogP contribution in [0.2, 0.25) is 0 Å². The van der Waals surface area contributed by atoms with Gasteiger partial charge in [0.05, 0.1) is 11.7 Å². The monoisotopic (exact) mass is 346 g/mol. The van der Waals surface area contributed by atoms with Crippen molar-refractivity contribution in [3.05, 3.63) is 26.6 Å². The molecular formula is C8H10Br2ClFN2. The lowest BCUT2D eigenvalue weighted by Crippen LogP contribution is -2.14. The van der Waals surface area contributed by atoms with E-state index in [1.807, 2.05) is 0 Å². The predicted octanol–water partition coefficient (Wildman–Crippen LogP) is 3.18. The van der Waals surface area contributed by atoms with Crippen molar-refractivity contribution in [3.63, 3.8) is 0 Å². The zero-order chi connectivity index (χ0) is 10.0. The Bertz CT molecular complexity index is 322. The molecule has 0 radical (unpaired) electrons. The maximum atomic E-state index is 12.3. The fourth-order valence-corrected chi connectivity index (χ4v) is 2.25. The van der Waals surface area contributed by atoms with E-state index in [1.54, 1.807) is 12.1 Å². The summed E-state index contributed by atoms with van der Waals surface area (Å²) in [6.45, 7) is -0.618. The first-order valence-corrected chi connectivity index (χ1v) is 5.20. The largest absolute Gasteiger partial charge is 0.398 e. The molecule has 0 unspecified atom stereocenters. The van der Waals surface area contributed by atoms with Gasteiger partial charge in [0, 0.05) is 8.95 Å². The zero-order valence-electron chi connectivity index (χ0n) is 7.14. The van der Waals surface area contributed by atoms with Gasteiger partial charge in [0.1, 0.15) is 6.67 Å². The van der Waals surface area contributed by atoms with Crippen LogP contribution in [0.4, 0.5) is 10.1 Å². The van der Waals surface area contributed by atoms with Crippen molar-refractivity contribution in [2.45, 2.75) is 6.04 Å². The second-order valence-electron chi connectivity index (χ2n) is 2.65. The Morgan fingerprint density at radius 1 is 1.36 bits per heavy atom. The summed E-state index contributed by atoms with van der Waals surface area (Å²) in [6.07, 6.45) is 0. The third kappa shape index (κ3) is 3.08. The molecule has 0 saturated heterocycles. The van der Waals surface area contributed by atoms with Crippen LogP contribution in [0.1, 0.15) is 11.6 Å². The molecule has 0 aromatic heterocycles. The average Bonchev–Trinajstić information content (AvgIpc) is 2.10. The Labute approximate surface area is 105 Å². The highest BCUT2D eigenvalue weighted by Gasteiger charge is 2.12. The van der Waals surface area contributed by atoms with Crippen LogP contribution < -0.4 is 11.5 Å². The number of anilines is 1. The molecule has 0 aliphatic heterocycles. The highest BCUT2D eigenvalue weighted by atomic mass is 79.9. The average molecular weight is 348 g/mol. The molecule has 0 aliphatic rings. The fourth-order valence-electron chi connectivity index (χ4n) is 0.995. The Morgan fingerprint density at radius 2 is 1.93 bits per heavy atom. The molecule has 1 rings (SSSR count). The van der Waals surface area contributed by atoms with Crippen LogP contribution in [0.5, 0.6) is 0 Å². The summed E-state index contributed by atoms with van der Waals surface area (Å²) in [5.74, 6) is 0. The zero-order valence-corrected chi connectivity index (χ0v) is 11.1. The van der Waals surface area contributed by atoms with Crippen LogP contribution >= 0.6 is 44.3 Å². The molecule has 4 N–H and O–H groups in total. The molecule has 6 heteroatoms. The van der Waals surface area contributed by atoms with Gasteiger partial charge in [0.15, 0.2) is 0 Å². The number of alkyl halides is 1. The molecular weight excluding hydrogens is 338 g/mol. The van der Waals surface area contributed by atoms with Crippen molar-refractivity contribution in [2.75, 3.05) is 12.4 Å². The summed E-state index contributed by atoms with van der Waals surface area (Å²) < 4.78 is 13.9. The van der Waals surface area contributed by atoms with Gasteiger partial charge in [-0.1, -0.05) is 15.9 Å². The molecule has 0 saturated carbocycles. The van der Waals surface area contributed by atoms with Gasteiger partial charge in [-0.2, -0.15) is 0 Å². The molecule has 0 bridgehead atoms. The number of benzene rings is 1. The van der Waals surface area contributed by atoms with E-state index in [4.69, 9.17) is 11.5 Å². The van der Waals surface area contributed by atoms with Crippen LogP contribution in [-0.2, 0) is 0 Å². The van der Waals surface area contributed by atoms with E-state index in [2.05, 4.69) is 31.9 Å². The fraction of sp³-hybridized carbons (Fsp3) is 0.250. The molecule has 0 heterocycles. The highest BCUT2D eigenvalue weighted by molar-refractivity contribution is 9.11. The second kappa shape index (κ2) is 5.90. The Balaban J connectivity index is 0.00000169. The Kier molecular flexibility index (Phi) is 5.97. The van der Waals surface area contributed by atoms with Gasteiger partial charge in [-0.3, -0.25) is 0 Å². The molecule has 2 nitrogen and oxygen atoms in total. The minimum absolute atomic E-state index is 0. The van der Waals surface area contributed by atoms with Crippen molar-refractivity contribution >= 4 is 50.0 Å². The van der Waals surface area contributed by atoms with E-state index in [0.29, 0.717) is 11.3 Å². The van der Waals surface area contributed by atoms with Gasteiger partial charge in [-0.05, 0) is 33.6 Å². The topological polar surface area (TPSA) is 52.0 Å². The summed E-state index contributed by atoms with van der Waals surface area (Å²) >= 11 is 6.54. The van der Waals surface area contributed by atoms with E-state index < -0.39 is 12.7 Å². The van der Waals surface area contributed by atoms with Crippen molar-refractivity contribution in [1.82, 2.24) is 0 Å². The summed E-state index contributed by atoms with van der Waals surface area (Å²) in [4.78, 5) is 0. The molecule has 1 aromatic rings. The van der Waals surface area contributed by atoms with Crippen molar-refractivity contribution in [2.24, 2.45) is 5.73 Å². The molecule has 0 amide bonds. The van der Waals surface area contributed by atoms with E-state index in [-0.39, 0.29) is 12.4 Å². The van der Waals surface area contributed by atoms with E-state index in [1.165, 1.54) is 0 Å². The molecule has 80 valence electrons. The number of hydrogen-bond acceptors (Lipinski definition) is 2. The van der Waals surface area contributed by atoms with Gasteiger partial charge in [0.2, 0.25) is 0 Å². The first kappa shape index (κ1) is 14.2. The van der Waals surface area contributed by atoms with Gasteiger partial charge in [0.25, 0.3) is 0 Å². The summed E-state index contributed by atoms with van der Waals surface area (Å²) in [6, 6.07) is 2.86. The van der Waals surface area contributed by atoms with Gasteiger partial charge in [-0.25, -0.2) is 4.39 Å². The summed E-state index contributed by atoms with van der Waals surface area (Å²) in [7, 11) is 0. The molecule has 0 spiro atoms. The lowest BCUT2D eigenvalue weighted by Gasteiger charge is -2.12. The highest BCUT2D eigenvalue weighted by Crippen LogP contribution is 2.31. The normalized spacial score (nSPS) is 12.0. The lowest BCUT2D eigenvalue weighted by atomic mass is 10.1. The quantitative estimate of drug-likeness (QED) is 0.807. The molecule has 1 atom stereocenters. The number of nitrogen functional groups attached to an aromatic ring is 1. The first-order valence-electron chi connectivity index (χ1n) is 3.62. The lowest BCUT2D eigenvalue weighted by molar-refractivity contribution is 0.437. The van der Waals surface area contributed by atoms with Crippen LogP contribution in [0.15, 0.2) is 21.1 Å². The molecule has 1 aromatic carbocycles. The smallest absolute Gasteiger partial charge is 0.109 e. The van der Waals surface area contributed by atoms with Crippen LogP contribution in [0.25, 0.3) is 0 Å². The van der Waals surface area contributed by atoms with Crippen molar-refractivity contribution in [1.29, 1.82) is 0 Å². The number of halogens is 4. The van der Waals surface area contributed by atoms with Crippen LogP contribution in [0.3, 0.4) is 0 Å². The summed E-state index contributed by atoms with van der Waals surface area (Å²) in [5, 5.41) is 0. The molecule has 14 heavy (non-hydrogen) atoms. The maximum absolute atomic E-state index is 12.3. The summed E-state index contributed by atoms with van der Waals surface area (Å²) in [5.41, 5.74) is 12.4. The van der Waals surface area contributed by atoms with Crippen LogP contribution in [-0.4, -0.2) is 6.67 Å². The van der Waals surface area contributed by atoms with Gasteiger partial charge in [-0.15, -0.1) is 12.4 Å². The van der Waals surface area contributed by atoms with Crippen molar-refractivity contribution in [3.8, 4) is 0 Å². The minimum Gasteiger partial charge on any atom is -0.398 e. The Hall–Kier alpha value is 0.160. The second-order valence-corrected chi connectivity index (χ2v) is 4.42.